The molecule has 2 aromatic heterocycles. The Morgan fingerprint density at radius 3 is 2.64 bits per heavy atom. The molecule has 1 saturated heterocycles. The molecular formula is C28H25N5O5S. The smallest absolute Gasteiger partial charge is 0.269 e. The van der Waals surface area contributed by atoms with Crippen LogP contribution >= 0.6 is 12.2 Å². The lowest BCUT2D eigenvalue weighted by Gasteiger charge is -2.26. The average molecular weight is 544 g/mol. The fraction of sp³-hybridized carbons (Fsp3) is 0.179. The predicted molar refractivity (Wildman–Crippen MR) is 150 cm³/mol. The molecule has 0 spiro atoms. The van der Waals surface area contributed by atoms with Gasteiger partial charge in [-0.25, -0.2) is 0 Å². The summed E-state index contributed by atoms with van der Waals surface area (Å²) in [4.78, 5) is 29.2. The maximum atomic E-state index is 12.0. The van der Waals surface area contributed by atoms with Crippen molar-refractivity contribution >= 4 is 40.3 Å². The number of furan rings is 1. The van der Waals surface area contributed by atoms with E-state index in [1.165, 1.54) is 19.2 Å². The van der Waals surface area contributed by atoms with Crippen molar-refractivity contribution in [2.75, 3.05) is 23.9 Å². The first-order valence-corrected chi connectivity index (χ1v) is 12.5. The third kappa shape index (κ3) is 5.35. The Bertz CT molecular complexity index is 1520. The molecule has 198 valence electrons. The van der Waals surface area contributed by atoms with E-state index in [-0.39, 0.29) is 30.3 Å². The molecule has 0 bridgehead atoms. The van der Waals surface area contributed by atoms with Gasteiger partial charge in [0, 0.05) is 42.4 Å². The lowest BCUT2D eigenvalue weighted by Crippen LogP contribution is -2.29. The number of hydrogen-bond donors (Lipinski definition) is 2. The van der Waals surface area contributed by atoms with Crippen LogP contribution in [0.4, 0.5) is 17.1 Å². The average Bonchev–Trinajstić information content (AvgIpc) is 3.55. The highest BCUT2D eigenvalue weighted by Gasteiger charge is 2.42. The third-order valence-electron chi connectivity index (χ3n) is 6.42. The van der Waals surface area contributed by atoms with Crippen LogP contribution in [0.15, 0.2) is 83.4 Å². The van der Waals surface area contributed by atoms with Crippen molar-refractivity contribution in [1.82, 2.24) is 10.3 Å². The summed E-state index contributed by atoms with van der Waals surface area (Å²) in [5, 5.41) is 17.8. The second kappa shape index (κ2) is 11.0. The van der Waals surface area contributed by atoms with Crippen molar-refractivity contribution in [3.8, 4) is 11.3 Å². The van der Waals surface area contributed by atoms with Crippen LogP contribution in [0.1, 0.15) is 29.1 Å². The molecule has 2 aromatic carbocycles. The van der Waals surface area contributed by atoms with Gasteiger partial charge in [0.05, 0.1) is 16.7 Å². The minimum absolute atomic E-state index is 0.00879. The van der Waals surface area contributed by atoms with Crippen LogP contribution in [-0.4, -0.2) is 34.6 Å². The number of ether oxygens (including phenoxy) is 1. The molecule has 1 aliphatic heterocycles. The Morgan fingerprint density at radius 1 is 1.18 bits per heavy atom. The van der Waals surface area contributed by atoms with Crippen molar-refractivity contribution < 1.29 is 18.9 Å². The van der Waals surface area contributed by atoms with Crippen molar-refractivity contribution in [3.63, 3.8) is 0 Å². The number of aromatic nitrogens is 1. The number of nitro benzene ring substituents is 1. The number of methoxy groups -OCH3 is 1. The Balaban J connectivity index is 1.52. The zero-order chi connectivity index (χ0) is 27.5. The van der Waals surface area contributed by atoms with E-state index >= 15 is 0 Å². The van der Waals surface area contributed by atoms with Crippen molar-refractivity contribution in [2.24, 2.45) is 0 Å². The number of thiocarbonyl (C=S) groups is 1. The molecule has 10 nitrogen and oxygen atoms in total. The summed E-state index contributed by atoms with van der Waals surface area (Å²) in [5.74, 6) is 0.973. The largest absolute Gasteiger partial charge is 0.459 e. The minimum Gasteiger partial charge on any atom is -0.459 e. The summed E-state index contributed by atoms with van der Waals surface area (Å²) < 4.78 is 11.2. The minimum atomic E-state index is -0.436. The fourth-order valence-corrected chi connectivity index (χ4v) is 4.94. The van der Waals surface area contributed by atoms with Crippen LogP contribution in [0.3, 0.4) is 0 Å². The van der Waals surface area contributed by atoms with Crippen LogP contribution in [0.5, 0.6) is 0 Å². The number of carbonyl (C=O) groups is 1. The molecule has 3 heterocycles. The zero-order valence-corrected chi connectivity index (χ0v) is 22.0. The Hall–Kier alpha value is -4.61. The van der Waals surface area contributed by atoms with Crippen LogP contribution in [-0.2, 0) is 9.53 Å². The van der Waals surface area contributed by atoms with Gasteiger partial charge in [0.2, 0.25) is 5.91 Å². The standard InChI is InChI=1S/C28H25N5O5S/c1-17-15-20(10-11-21(17)30-25(34)16-37-2)32-27(26(31-28(32)39)22-5-3-4-14-29-22)24-13-12-23(38-24)18-6-8-19(9-7-18)33(35)36/h3-15,26-27H,16H2,1-2H3,(H,30,34)(H,31,39)/t26-,27-/m0/s1. The number of pyridine rings is 1. The highest BCUT2D eigenvalue weighted by Crippen LogP contribution is 2.43. The summed E-state index contributed by atoms with van der Waals surface area (Å²) in [6.07, 6.45) is 1.73. The molecule has 2 atom stereocenters. The summed E-state index contributed by atoms with van der Waals surface area (Å²) in [7, 11) is 1.47. The Labute approximate surface area is 229 Å². The van der Waals surface area contributed by atoms with Gasteiger partial charge in [-0.2, -0.15) is 0 Å². The number of nitrogens with zero attached hydrogens (tertiary/aromatic N) is 3. The molecule has 11 heteroatoms. The highest BCUT2D eigenvalue weighted by molar-refractivity contribution is 7.80. The van der Waals surface area contributed by atoms with Crippen molar-refractivity contribution in [1.29, 1.82) is 0 Å². The number of non-ortho nitro benzene ring substituents is 1. The van der Waals surface area contributed by atoms with Gasteiger partial charge in [-0.15, -0.1) is 0 Å². The van der Waals surface area contributed by atoms with Gasteiger partial charge >= 0.3 is 0 Å². The normalized spacial score (nSPS) is 16.7. The molecule has 2 N–H and O–H groups in total. The highest BCUT2D eigenvalue weighted by atomic mass is 32.1. The first kappa shape index (κ1) is 26.0. The number of benzene rings is 2. The van der Waals surface area contributed by atoms with Gasteiger partial charge in [-0.05, 0) is 79.3 Å². The predicted octanol–water partition coefficient (Wildman–Crippen LogP) is 5.32. The van der Waals surface area contributed by atoms with E-state index in [2.05, 4.69) is 15.6 Å². The van der Waals surface area contributed by atoms with Crippen LogP contribution < -0.4 is 15.5 Å². The molecular weight excluding hydrogens is 518 g/mol. The van der Waals surface area contributed by atoms with Crippen LogP contribution in [0.2, 0.25) is 0 Å². The van der Waals surface area contributed by atoms with Crippen LogP contribution in [0, 0.1) is 17.0 Å². The number of nitrogens with one attached hydrogen (secondary N) is 2. The van der Waals surface area contributed by atoms with Crippen molar-refractivity contribution in [2.45, 2.75) is 19.0 Å². The lowest BCUT2D eigenvalue weighted by atomic mass is 10.0. The molecule has 0 saturated carbocycles. The molecule has 5 rings (SSSR count). The molecule has 1 aliphatic rings. The number of amides is 1. The van der Waals surface area contributed by atoms with E-state index in [4.69, 9.17) is 21.4 Å². The van der Waals surface area contributed by atoms with Gasteiger partial charge in [0.25, 0.3) is 5.69 Å². The second-order valence-electron chi connectivity index (χ2n) is 8.98. The maximum Gasteiger partial charge on any atom is 0.269 e. The SMILES string of the molecule is COCC(=O)Nc1ccc(N2C(=S)N[C@@H](c3ccccn3)[C@@H]2c2ccc(-c3ccc([N+](=O)[O-])cc3)o2)cc1C. The lowest BCUT2D eigenvalue weighted by molar-refractivity contribution is -0.384. The number of hydrogen-bond acceptors (Lipinski definition) is 7. The summed E-state index contributed by atoms with van der Waals surface area (Å²) in [6.45, 7) is 1.87. The molecule has 1 fully saturated rings. The molecule has 39 heavy (non-hydrogen) atoms. The van der Waals surface area contributed by atoms with Crippen LogP contribution in [0.25, 0.3) is 11.3 Å². The maximum absolute atomic E-state index is 12.0. The molecule has 4 aromatic rings. The van der Waals surface area contributed by atoms with Gasteiger partial charge in [-0.3, -0.25) is 19.9 Å². The van der Waals surface area contributed by atoms with Gasteiger partial charge in [0.1, 0.15) is 24.2 Å². The number of carbonyl (C=O) groups excluding carboxylic acids is 1. The summed E-state index contributed by atoms with van der Waals surface area (Å²) in [5.41, 5.74) is 3.86. The fourth-order valence-electron chi connectivity index (χ4n) is 4.59. The number of nitro groups is 1. The van der Waals surface area contributed by atoms with E-state index < -0.39 is 4.92 Å². The van der Waals surface area contributed by atoms with E-state index in [0.717, 1.165) is 16.9 Å². The Kier molecular flexibility index (Phi) is 7.35. The Morgan fingerprint density at radius 2 is 1.97 bits per heavy atom. The van der Waals surface area contributed by atoms with Gasteiger partial charge in [0.15, 0.2) is 5.11 Å². The zero-order valence-electron chi connectivity index (χ0n) is 21.2. The first-order valence-electron chi connectivity index (χ1n) is 12.1. The first-order chi connectivity index (χ1) is 18.9. The topological polar surface area (TPSA) is 123 Å². The summed E-state index contributed by atoms with van der Waals surface area (Å²) >= 11 is 5.79. The quantitative estimate of drug-likeness (QED) is 0.173. The molecule has 1 amide bonds. The van der Waals surface area contributed by atoms with Gasteiger partial charge < -0.3 is 24.7 Å². The van der Waals surface area contributed by atoms with E-state index in [9.17, 15) is 14.9 Å². The van der Waals surface area contributed by atoms with Gasteiger partial charge in [-0.1, -0.05) is 6.07 Å². The molecule has 0 unspecified atom stereocenters. The molecule has 0 radical (unpaired) electrons. The van der Waals surface area contributed by atoms with E-state index in [1.807, 2.05) is 60.4 Å². The second-order valence-corrected chi connectivity index (χ2v) is 9.37. The number of anilines is 2. The summed E-state index contributed by atoms with van der Waals surface area (Å²) in [6, 6.07) is 20.6. The monoisotopic (exact) mass is 543 g/mol. The van der Waals surface area contributed by atoms with E-state index in [1.54, 1.807) is 18.3 Å². The van der Waals surface area contributed by atoms with Crippen molar-refractivity contribution in [3.05, 3.63) is 106 Å². The van der Waals surface area contributed by atoms with E-state index in [0.29, 0.717) is 27.9 Å². The number of aryl methyl sites for hydroxylation is 1. The molecule has 0 aliphatic carbocycles. The number of rotatable bonds is 8. The third-order valence-corrected chi connectivity index (χ3v) is 6.73.